The van der Waals surface area contributed by atoms with E-state index in [-0.39, 0.29) is 6.61 Å². The largest absolute Gasteiger partial charge is 0.491 e. The van der Waals surface area contributed by atoms with E-state index in [4.69, 9.17) is 10.00 Å². The molecule has 0 radical (unpaired) electrons. The Morgan fingerprint density at radius 1 is 1.06 bits per heavy atom. The summed E-state index contributed by atoms with van der Waals surface area (Å²) in [5.74, 6) is 1.87. The Balaban J connectivity index is 1.42. The van der Waals surface area contributed by atoms with Crippen LogP contribution in [0.5, 0.6) is 5.75 Å². The molecule has 31 heavy (non-hydrogen) atoms. The highest BCUT2D eigenvalue weighted by molar-refractivity contribution is 7.99. The third kappa shape index (κ3) is 5.52. The average molecular weight is 449 g/mol. The standard InChI is InChI=1S/C23H20N4O2S2/c24-13-17-8-10-20(11-9-17)29-15-19(28)16-31-23-26-25-22(21-7-4-12-30-21)27(23)14-18-5-2-1-3-6-18/h1-12,19,28H,14-16H2. The zero-order valence-corrected chi connectivity index (χ0v) is 18.2. The first-order chi connectivity index (χ1) is 15.2. The molecule has 0 spiro atoms. The normalized spacial score (nSPS) is 11.7. The van der Waals surface area contributed by atoms with Crippen molar-refractivity contribution in [2.24, 2.45) is 0 Å². The summed E-state index contributed by atoms with van der Waals surface area (Å²) in [6, 6.07) is 23.1. The summed E-state index contributed by atoms with van der Waals surface area (Å²) in [5.41, 5.74) is 1.73. The number of nitrogens with zero attached hydrogens (tertiary/aromatic N) is 4. The van der Waals surface area contributed by atoms with E-state index >= 15 is 0 Å². The first kappa shape index (κ1) is 21.1. The van der Waals surface area contributed by atoms with Crippen LogP contribution in [0.2, 0.25) is 0 Å². The molecule has 2 aromatic heterocycles. The number of benzene rings is 2. The van der Waals surface area contributed by atoms with Crippen LogP contribution < -0.4 is 4.74 Å². The van der Waals surface area contributed by atoms with Crippen molar-refractivity contribution in [2.75, 3.05) is 12.4 Å². The van der Waals surface area contributed by atoms with Crippen molar-refractivity contribution >= 4 is 23.1 Å². The Morgan fingerprint density at radius 3 is 2.58 bits per heavy atom. The van der Waals surface area contributed by atoms with Gasteiger partial charge in [0.1, 0.15) is 12.4 Å². The number of hydrogen-bond donors (Lipinski definition) is 1. The topological polar surface area (TPSA) is 84.0 Å². The quantitative estimate of drug-likeness (QED) is 0.381. The van der Waals surface area contributed by atoms with Crippen LogP contribution in [0.1, 0.15) is 11.1 Å². The minimum atomic E-state index is -0.673. The maximum atomic E-state index is 10.4. The number of thioether (sulfide) groups is 1. The number of aliphatic hydroxyl groups is 1. The fraction of sp³-hybridized carbons (Fsp3) is 0.174. The van der Waals surface area contributed by atoms with Crippen LogP contribution >= 0.6 is 23.1 Å². The van der Waals surface area contributed by atoms with Gasteiger partial charge in [0.05, 0.1) is 29.2 Å². The van der Waals surface area contributed by atoms with Gasteiger partial charge in [0.25, 0.3) is 0 Å². The van der Waals surface area contributed by atoms with Crippen molar-refractivity contribution in [3.8, 4) is 22.5 Å². The maximum Gasteiger partial charge on any atom is 0.191 e. The molecule has 1 N–H and O–H groups in total. The molecule has 0 aliphatic heterocycles. The summed E-state index contributed by atoms with van der Waals surface area (Å²) in [4.78, 5) is 1.06. The first-order valence-corrected chi connectivity index (χ1v) is 11.5. The number of aromatic nitrogens is 3. The molecule has 2 aromatic carbocycles. The molecule has 0 fully saturated rings. The van der Waals surface area contributed by atoms with Crippen LogP contribution in [0, 0.1) is 11.3 Å². The monoisotopic (exact) mass is 448 g/mol. The third-order valence-corrected chi connectivity index (χ3v) is 6.45. The van der Waals surface area contributed by atoms with Gasteiger partial charge in [0.15, 0.2) is 11.0 Å². The highest BCUT2D eigenvalue weighted by atomic mass is 32.2. The smallest absolute Gasteiger partial charge is 0.191 e. The molecule has 2 heterocycles. The molecule has 1 unspecified atom stereocenters. The third-order valence-electron chi connectivity index (χ3n) is 4.47. The van der Waals surface area contributed by atoms with E-state index in [0.717, 1.165) is 21.4 Å². The van der Waals surface area contributed by atoms with E-state index in [9.17, 15) is 5.11 Å². The number of ether oxygens (including phenoxy) is 1. The second-order valence-corrected chi connectivity index (χ2v) is 8.70. The summed E-state index contributed by atoms with van der Waals surface area (Å²) in [7, 11) is 0. The Morgan fingerprint density at radius 2 is 1.87 bits per heavy atom. The molecule has 0 saturated heterocycles. The van der Waals surface area contributed by atoms with Gasteiger partial charge < -0.3 is 9.84 Å². The van der Waals surface area contributed by atoms with Gasteiger partial charge in [-0.3, -0.25) is 4.57 Å². The zero-order chi connectivity index (χ0) is 21.5. The van der Waals surface area contributed by atoms with Gasteiger partial charge >= 0.3 is 0 Å². The Kier molecular flexibility index (Phi) is 6.99. The van der Waals surface area contributed by atoms with Crippen molar-refractivity contribution in [3.05, 3.63) is 83.2 Å². The molecule has 0 amide bonds. The van der Waals surface area contributed by atoms with E-state index < -0.39 is 6.10 Å². The van der Waals surface area contributed by atoms with Gasteiger partial charge in [0.2, 0.25) is 0 Å². The minimum absolute atomic E-state index is 0.156. The first-order valence-electron chi connectivity index (χ1n) is 9.68. The second kappa shape index (κ2) is 10.3. The molecule has 0 bridgehead atoms. The van der Waals surface area contributed by atoms with E-state index in [1.54, 1.807) is 35.6 Å². The Labute approximate surface area is 188 Å². The number of thiophene rings is 1. The molecule has 156 valence electrons. The van der Waals surface area contributed by atoms with Crippen LogP contribution in [-0.2, 0) is 6.54 Å². The van der Waals surface area contributed by atoms with Gasteiger partial charge in [-0.05, 0) is 41.3 Å². The van der Waals surface area contributed by atoms with Crippen molar-refractivity contribution in [2.45, 2.75) is 17.8 Å². The van der Waals surface area contributed by atoms with E-state index in [2.05, 4.69) is 33.0 Å². The number of hydrogen-bond acceptors (Lipinski definition) is 7. The van der Waals surface area contributed by atoms with E-state index in [1.165, 1.54) is 11.8 Å². The maximum absolute atomic E-state index is 10.4. The van der Waals surface area contributed by atoms with Crippen molar-refractivity contribution in [3.63, 3.8) is 0 Å². The minimum Gasteiger partial charge on any atom is -0.491 e. The average Bonchev–Trinajstić information content (AvgIpc) is 3.47. The van der Waals surface area contributed by atoms with E-state index in [0.29, 0.717) is 23.6 Å². The molecule has 4 rings (SSSR count). The van der Waals surface area contributed by atoms with Crippen molar-refractivity contribution in [1.82, 2.24) is 14.8 Å². The van der Waals surface area contributed by atoms with Crippen LogP contribution in [-0.4, -0.2) is 38.3 Å². The lowest BCUT2D eigenvalue weighted by atomic mass is 10.2. The van der Waals surface area contributed by atoms with Crippen molar-refractivity contribution in [1.29, 1.82) is 5.26 Å². The van der Waals surface area contributed by atoms with Gasteiger partial charge in [-0.25, -0.2) is 0 Å². The molecular formula is C23H20N4O2S2. The predicted molar refractivity (Wildman–Crippen MR) is 122 cm³/mol. The molecule has 0 aliphatic rings. The van der Waals surface area contributed by atoms with Gasteiger partial charge in [-0.2, -0.15) is 5.26 Å². The van der Waals surface area contributed by atoms with Gasteiger partial charge in [-0.15, -0.1) is 21.5 Å². The lowest BCUT2D eigenvalue weighted by molar-refractivity contribution is 0.126. The van der Waals surface area contributed by atoms with Crippen LogP contribution in [0.4, 0.5) is 0 Å². The van der Waals surface area contributed by atoms with Crippen molar-refractivity contribution < 1.29 is 9.84 Å². The molecular weight excluding hydrogens is 428 g/mol. The molecule has 8 heteroatoms. The fourth-order valence-corrected chi connectivity index (χ4v) is 4.49. The molecule has 6 nitrogen and oxygen atoms in total. The molecule has 0 saturated carbocycles. The van der Waals surface area contributed by atoms with Gasteiger partial charge in [0, 0.05) is 5.75 Å². The van der Waals surface area contributed by atoms with Crippen LogP contribution in [0.15, 0.2) is 77.3 Å². The summed E-state index contributed by atoms with van der Waals surface area (Å²) < 4.78 is 7.72. The lowest BCUT2D eigenvalue weighted by Gasteiger charge is -2.13. The number of aliphatic hydroxyl groups excluding tert-OH is 1. The summed E-state index contributed by atoms with van der Waals surface area (Å²) in [6.07, 6.45) is -0.673. The second-order valence-electron chi connectivity index (χ2n) is 6.77. The Hall–Kier alpha value is -3.12. The predicted octanol–water partition coefficient (Wildman–Crippen LogP) is 4.46. The van der Waals surface area contributed by atoms with Crippen LogP contribution in [0.3, 0.4) is 0 Å². The summed E-state index contributed by atoms with van der Waals surface area (Å²) in [5, 5.41) is 30.8. The highest BCUT2D eigenvalue weighted by Crippen LogP contribution is 2.28. The summed E-state index contributed by atoms with van der Waals surface area (Å²) in [6.45, 7) is 0.810. The zero-order valence-electron chi connectivity index (χ0n) is 16.6. The highest BCUT2D eigenvalue weighted by Gasteiger charge is 2.17. The molecule has 0 aliphatic carbocycles. The SMILES string of the molecule is N#Cc1ccc(OCC(O)CSc2nnc(-c3cccs3)n2Cc2ccccc2)cc1. The van der Waals surface area contributed by atoms with Crippen LogP contribution in [0.25, 0.3) is 10.7 Å². The van der Waals surface area contributed by atoms with Gasteiger partial charge in [-0.1, -0.05) is 48.2 Å². The molecule has 4 aromatic rings. The number of rotatable bonds is 9. The Bertz CT molecular complexity index is 1140. The number of nitriles is 1. The molecule has 1 atom stereocenters. The lowest BCUT2D eigenvalue weighted by Crippen LogP contribution is -2.20. The van der Waals surface area contributed by atoms with E-state index in [1.807, 2.05) is 35.7 Å². The fourth-order valence-electron chi connectivity index (χ4n) is 2.93. The summed E-state index contributed by atoms with van der Waals surface area (Å²) >= 11 is 3.08.